The zero-order chi connectivity index (χ0) is 13.2. The molecule has 0 atom stereocenters. The van der Waals surface area contributed by atoms with Crippen LogP contribution < -0.4 is 0 Å². The molecule has 3 nitrogen and oxygen atoms in total. The zero-order valence-corrected chi connectivity index (χ0v) is 11.3. The lowest BCUT2D eigenvalue weighted by molar-refractivity contribution is -0.0663. The minimum atomic E-state index is -0.698. The second-order valence-electron chi connectivity index (χ2n) is 4.89. The van der Waals surface area contributed by atoms with Gasteiger partial charge in [-0.25, -0.2) is 0 Å². The monoisotopic (exact) mass is 248 g/mol. The molecule has 18 heavy (non-hydrogen) atoms. The van der Waals surface area contributed by atoms with E-state index in [0.717, 1.165) is 16.7 Å². The molecule has 0 spiro atoms. The summed E-state index contributed by atoms with van der Waals surface area (Å²) in [6.45, 7) is 5.19. The predicted molar refractivity (Wildman–Crippen MR) is 70.0 cm³/mol. The molecule has 1 saturated heterocycles. The van der Waals surface area contributed by atoms with Crippen LogP contribution in [0.4, 0.5) is 0 Å². The van der Waals surface area contributed by atoms with Gasteiger partial charge in [0.25, 0.3) is 0 Å². The smallest absolute Gasteiger partial charge is 0.195 e. The number of methoxy groups -OCH3 is 1. The Hall–Kier alpha value is -1.19. The summed E-state index contributed by atoms with van der Waals surface area (Å²) in [5.41, 5.74) is 2.26. The van der Waals surface area contributed by atoms with Gasteiger partial charge >= 0.3 is 0 Å². The van der Waals surface area contributed by atoms with Crippen LogP contribution in [-0.4, -0.2) is 31.7 Å². The Morgan fingerprint density at radius 3 is 2.56 bits per heavy atom. The molecule has 98 valence electrons. The molecular weight excluding hydrogens is 228 g/mol. The molecule has 1 heterocycles. The fourth-order valence-corrected chi connectivity index (χ4v) is 2.47. The van der Waals surface area contributed by atoms with Gasteiger partial charge in [-0.2, -0.15) is 0 Å². The van der Waals surface area contributed by atoms with E-state index in [1.54, 1.807) is 7.11 Å². The standard InChI is InChI=1S/C15H20O3/c1-11-5-4-6-13(12(11)2)14(16)15(17-3)7-9-18-10-8-15/h4-6H,7-10H2,1-3H3. The maximum absolute atomic E-state index is 12.7. The average molecular weight is 248 g/mol. The number of hydrogen-bond acceptors (Lipinski definition) is 3. The normalized spacial score (nSPS) is 18.6. The average Bonchev–Trinajstić information content (AvgIpc) is 2.42. The summed E-state index contributed by atoms with van der Waals surface area (Å²) >= 11 is 0. The summed E-state index contributed by atoms with van der Waals surface area (Å²) in [4.78, 5) is 12.7. The molecule has 1 aromatic rings. The summed E-state index contributed by atoms with van der Waals surface area (Å²) < 4.78 is 10.9. The minimum absolute atomic E-state index is 0.0921. The highest BCUT2D eigenvalue weighted by atomic mass is 16.5. The lowest BCUT2D eigenvalue weighted by Gasteiger charge is -2.34. The van der Waals surface area contributed by atoms with Crippen LogP contribution in [0.2, 0.25) is 0 Å². The van der Waals surface area contributed by atoms with Crippen LogP contribution in [0.5, 0.6) is 0 Å². The minimum Gasteiger partial charge on any atom is -0.381 e. The first kappa shape index (κ1) is 13.2. The van der Waals surface area contributed by atoms with Gasteiger partial charge in [0.1, 0.15) is 5.60 Å². The van der Waals surface area contributed by atoms with E-state index in [0.29, 0.717) is 26.1 Å². The van der Waals surface area contributed by atoms with Crippen LogP contribution in [0.25, 0.3) is 0 Å². The van der Waals surface area contributed by atoms with Crippen LogP contribution in [0.15, 0.2) is 18.2 Å². The molecular formula is C15H20O3. The van der Waals surface area contributed by atoms with Crippen molar-refractivity contribution in [3.8, 4) is 0 Å². The molecule has 2 rings (SSSR count). The molecule has 0 unspecified atom stereocenters. The van der Waals surface area contributed by atoms with Gasteiger partial charge in [-0.05, 0) is 25.0 Å². The van der Waals surface area contributed by atoms with Crippen molar-refractivity contribution in [3.05, 3.63) is 34.9 Å². The van der Waals surface area contributed by atoms with E-state index in [1.165, 1.54) is 0 Å². The molecule has 0 radical (unpaired) electrons. The topological polar surface area (TPSA) is 35.5 Å². The molecule has 1 aliphatic heterocycles. The van der Waals surface area contributed by atoms with Gasteiger partial charge in [-0.1, -0.05) is 18.2 Å². The third-order valence-corrected chi connectivity index (χ3v) is 3.95. The van der Waals surface area contributed by atoms with Gasteiger partial charge in [-0.3, -0.25) is 4.79 Å². The molecule has 0 N–H and O–H groups in total. The molecule has 1 aliphatic rings. The maximum Gasteiger partial charge on any atom is 0.195 e. The van der Waals surface area contributed by atoms with Crippen molar-refractivity contribution < 1.29 is 14.3 Å². The highest BCUT2D eigenvalue weighted by Gasteiger charge is 2.41. The number of hydrogen-bond donors (Lipinski definition) is 0. The van der Waals surface area contributed by atoms with Crippen molar-refractivity contribution >= 4 is 5.78 Å². The molecule has 1 aromatic carbocycles. The summed E-state index contributed by atoms with van der Waals surface area (Å²) in [5, 5.41) is 0. The quantitative estimate of drug-likeness (QED) is 0.771. The molecule has 0 bridgehead atoms. The number of rotatable bonds is 3. The maximum atomic E-state index is 12.7. The van der Waals surface area contributed by atoms with Crippen molar-refractivity contribution in [3.63, 3.8) is 0 Å². The van der Waals surface area contributed by atoms with Gasteiger partial charge in [0, 0.05) is 38.7 Å². The fourth-order valence-electron chi connectivity index (χ4n) is 2.47. The lowest BCUT2D eigenvalue weighted by atomic mass is 9.83. The molecule has 0 aliphatic carbocycles. The first-order valence-corrected chi connectivity index (χ1v) is 6.34. The summed E-state index contributed by atoms with van der Waals surface area (Å²) in [5.74, 6) is 0.0921. The Kier molecular flexibility index (Phi) is 3.83. The van der Waals surface area contributed by atoms with Crippen LogP contribution >= 0.6 is 0 Å². The number of carbonyl (C=O) groups excluding carboxylic acids is 1. The Labute approximate surface area is 108 Å². The number of Topliss-reactive ketones (excluding diaryl/α,β-unsaturated/α-hetero) is 1. The van der Waals surface area contributed by atoms with Crippen molar-refractivity contribution in [2.75, 3.05) is 20.3 Å². The summed E-state index contributed by atoms with van der Waals surface area (Å²) in [6.07, 6.45) is 1.27. The third kappa shape index (κ3) is 2.20. The van der Waals surface area contributed by atoms with E-state index >= 15 is 0 Å². The van der Waals surface area contributed by atoms with Gasteiger partial charge in [0.15, 0.2) is 5.78 Å². The number of carbonyl (C=O) groups is 1. The van der Waals surface area contributed by atoms with E-state index in [-0.39, 0.29) is 5.78 Å². The van der Waals surface area contributed by atoms with Crippen molar-refractivity contribution in [1.29, 1.82) is 0 Å². The van der Waals surface area contributed by atoms with Crippen LogP contribution in [0, 0.1) is 13.8 Å². The number of aryl methyl sites for hydroxylation is 1. The van der Waals surface area contributed by atoms with Gasteiger partial charge in [-0.15, -0.1) is 0 Å². The molecule has 1 fully saturated rings. The Morgan fingerprint density at radius 2 is 1.94 bits per heavy atom. The second-order valence-corrected chi connectivity index (χ2v) is 4.89. The Balaban J connectivity index is 2.37. The molecule has 0 aromatic heterocycles. The van der Waals surface area contributed by atoms with Crippen molar-refractivity contribution in [1.82, 2.24) is 0 Å². The highest BCUT2D eigenvalue weighted by Crippen LogP contribution is 2.30. The first-order valence-electron chi connectivity index (χ1n) is 6.34. The highest BCUT2D eigenvalue weighted by molar-refractivity contribution is 6.03. The Morgan fingerprint density at radius 1 is 1.28 bits per heavy atom. The first-order chi connectivity index (χ1) is 8.60. The van der Waals surface area contributed by atoms with E-state index < -0.39 is 5.60 Å². The van der Waals surface area contributed by atoms with E-state index in [2.05, 4.69) is 0 Å². The number of benzene rings is 1. The largest absolute Gasteiger partial charge is 0.381 e. The molecule has 0 amide bonds. The number of ether oxygens (including phenoxy) is 2. The van der Waals surface area contributed by atoms with Crippen LogP contribution in [0.3, 0.4) is 0 Å². The Bertz CT molecular complexity index is 445. The molecule has 0 saturated carbocycles. The summed E-state index contributed by atoms with van der Waals surface area (Å²) in [7, 11) is 1.62. The molecule has 3 heteroatoms. The van der Waals surface area contributed by atoms with E-state index in [9.17, 15) is 4.79 Å². The van der Waals surface area contributed by atoms with E-state index in [1.807, 2.05) is 32.0 Å². The third-order valence-electron chi connectivity index (χ3n) is 3.95. The van der Waals surface area contributed by atoms with E-state index in [4.69, 9.17) is 9.47 Å². The van der Waals surface area contributed by atoms with Crippen molar-refractivity contribution in [2.45, 2.75) is 32.3 Å². The van der Waals surface area contributed by atoms with Gasteiger partial charge in [0.2, 0.25) is 0 Å². The fraction of sp³-hybridized carbons (Fsp3) is 0.533. The second kappa shape index (κ2) is 5.21. The van der Waals surface area contributed by atoms with Gasteiger partial charge in [0.05, 0.1) is 0 Å². The van der Waals surface area contributed by atoms with Gasteiger partial charge < -0.3 is 9.47 Å². The van der Waals surface area contributed by atoms with Crippen molar-refractivity contribution in [2.24, 2.45) is 0 Å². The van der Waals surface area contributed by atoms with Crippen LogP contribution in [0.1, 0.15) is 34.3 Å². The zero-order valence-electron chi connectivity index (χ0n) is 11.3. The lowest BCUT2D eigenvalue weighted by Crippen LogP contribution is -2.46. The summed E-state index contributed by atoms with van der Waals surface area (Å²) in [6, 6.07) is 5.84. The number of ketones is 1. The SMILES string of the molecule is COC1(C(=O)c2cccc(C)c2C)CCOCC1. The van der Waals surface area contributed by atoms with Crippen LogP contribution in [-0.2, 0) is 9.47 Å². The predicted octanol–water partition coefficient (Wildman–Crippen LogP) is 2.68.